The van der Waals surface area contributed by atoms with Crippen molar-refractivity contribution in [1.82, 2.24) is 15.5 Å². The third-order valence-corrected chi connectivity index (χ3v) is 4.09. The van der Waals surface area contributed by atoms with Crippen LogP contribution in [-0.2, 0) is 11.3 Å². The summed E-state index contributed by atoms with van der Waals surface area (Å²) in [4.78, 5) is 14.5. The smallest absolute Gasteiger partial charge is 0.234 e. The van der Waals surface area contributed by atoms with E-state index in [0.29, 0.717) is 19.1 Å². The maximum atomic E-state index is 12.8. The molecule has 0 atom stereocenters. The molecule has 0 aromatic heterocycles. The first-order chi connectivity index (χ1) is 10.7. The van der Waals surface area contributed by atoms with Gasteiger partial charge in [0.05, 0.1) is 6.54 Å². The SMILES string of the molecule is CCCN(CC(=O)NCc1ccc(F)cc1)C1CCNCC1. The number of benzene rings is 1. The minimum atomic E-state index is -0.255. The monoisotopic (exact) mass is 307 g/mol. The maximum Gasteiger partial charge on any atom is 0.234 e. The second-order valence-corrected chi connectivity index (χ2v) is 5.85. The van der Waals surface area contributed by atoms with Gasteiger partial charge in [0, 0.05) is 12.6 Å². The van der Waals surface area contributed by atoms with Gasteiger partial charge >= 0.3 is 0 Å². The van der Waals surface area contributed by atoms with Gasteiger partial charge in [0.15, 0.2) is 0 Å². The first-order valence-electron chi connectivity index (χ1n) is 8.15. The van der Waals surface area contributed by atoms with Gasteiger partial charge in [-0.1, -0.05) is 19.1 Å². The Labute approximate surface area is 132 Å². The molecule has 0 spiro atoms. The quantitative estimate of drug-likeness (QED) is 0.809. The first kappa shape index (κ1) is 16.9. The third kappa shape index (κ3) is 5.39. The lowest BCUT2D eigenvalue weighted by molar-refractivity contribution is -0.123. The third-order valence-electron chi connectivity index (χ3n) is 4.09. The summed E-state index contributed by atoms with van der Waals surface area (Å²) in [5.41, 5.74) is 0.915. The van der Waals surface area contributed by atoms with Gasteiger partial charge < -0.3 is 10.6 Å². The number of halogens is 1. The summed E-state index contributed by atoms with van der Waals surface area (Å²) >= 11 is 0. The Morgan fingerprint density at radius 3 is 2.64 bits per heavy atom. The molecule has 1 saturated heterocycles. The first-order valence-corrected chi connectivity index (χ1v) is 8.15. The van der Waals surface area contributed by atoms with E-state index in [1.807, 2.05) is 0 Å². The lowest BCUT2D eigenvalue weighted by atomic mass is 10.0. The van der Waals surface area contributed by atoms with Crippen molar-refractivity contribution in [2.45, 2.75) is 38.8 Å². The number of amides is 1. The normalized spacial score (nSPS) is 16.0. The average Bonchev–Trinajstić information content (AvgIpc) is 2.55. The highest BCUT2D eigenvalue weighted by Crippen LogP contribution is 2.12. The minimum absolute atomic E-state index is 0.0382. The molecule has 4 nitrogen and oxygen atoms in total. The van der Waals surface area contributed by atoms with Crippen LogP contribution in [0.1, 0.15) is 31.7 Å². The molecule has 0 aliphatic carbocycles. The Hall–Kier alpha value is -1.46. The van der Waals surface area contributed by atoms with E-state index in [-0.39, 0.29) is 11.7 Å². The zero-order valence-electron chi connectivity index (χ0n) is 13.3. The van der Waals surface area contributed by atoms with Gasteiger partial charge in [-0.15, -0.1) is 0 Å². The van der Waals surface area contributed by atoms with Gasteiger partial charge in [-0.25, -0.2) is 4.39 Å². The molecule has 1 aromatic rings. The van der Waals surface area contributed by atoms with Gasteiger partial charge in [0.1, 0.15) is 5.82 Å². The van der Waals surface area contributed by atoms with Crippen LogP contribution in [0, 0.1) is 5.82 Å². The Kier molecular flexibility index (Phi) is 6.80. The molecule has 1 fully saturated rings. The zero-order chi connectivity index (χ0) is 15.8. The maximum absolute atomic E-state index is 12.8. The molecular weight excluding hydrogens is 281 g/mol. The Bertz CT molecular complexity index is 457. The van der Waals surface area contributed by atoms with Crippen LogP contribution in [-0.4, -0.2) is 43.0 Å². The van der Waals surface area contributed by atoms with Gasteiger partial charge in [-0.2, -0.15) is 0 Å². The standard InChI is InChI=1S/C17H26FN3O/c1-2-11-21(16-7-9-19-10-8-16)13-17(22)20-12-14-3-5-15(18)6-4-14/h3-6,16,19H,2,7-13H2,1H3,(H,20,22). The number of nitrogens with zero attached hydrogens (tertiary/aromatic N) is 1. The van der Waals surface area contributed by atoms with E-state index in [0.717, 1.165) is 44.5 Å². The number of carbonyl (C=O) groups excluding carboxylic acids is 1. The molecule has 5 heteroatoms. The molecule has 1 heterocycles. The molecule has 1 aromatic carbocycles. The van der Waals surface area contributed by atoms with E-state index in [4.69, 9.17) is 0 Å². The summed E-state index contributed by atoms with van der Waals surface area (Å²) in [5, 5.41) is 6.29. The highest BCUT2D eigenvalue weighted by Gasteiger charge is 2.22. The topological polar surface area (TPSA) is 44.4 Å². The van der Waals surface area contributed by atoms with Crippen LogP contribution in [0.25, 0.3) is 0 Å². The lowest BCUT2D eigenvalue weighted by Gasteiger charge is -2.34. The van der Waals surface area contributed by atoms with Crippen molar-refractivity contribution >= 4 is 5.91 Å². The van der Waals surface area contributed by atoms with E-state index >= 15 is 0 Å². The molecule has 0 bridgehead atoms. The largest absolute Gasteiger partial charge is 0.351 e. The summed E-state index contributed by atoms with van der Waals surface area (Å²) < 4.78 is 12.8. The molecule has 1 aliphatic heterocycles. The summed E-state index contributed by atoms with van der Waals surface area (Å²) in [5.74, 6) is -0.216. The molecule has 2 rings (SSSR count). The van der Waals surface area contributed by atoms with Crippen LogP contribution in [0.5, 0.6) is 0 Å². The van der Waals surface area contributed by atoms with Crippen LogP contribution in [0.2, 0.25) is 0 Å². The Balaban J connectivity index is 1.80. The van der Waals surface area contributed by atoms with Crippen LogP contribution < -0.4 is 10.6 Å². The van der Waals surface area contributed by atoms with Gasteiger partial charge in [-0.3, -0.25) is 9.69 Å². The van der Waals surface area contributed by atoms with Crippen LogP contribution in [0.3, 0.4) is 0 Å². The predicted octanol–water partition coefficient (Wildman–Crippen LogP) is 1.91. The molecule has 0 saturated carbocycles. The van der Waals surface area contributed by atoms with Crippen molar-refractivity contribution < 1.29 is 9.18 Å². The van der Waals surface area contributed by atoms with Crippen molar-refractivity contribution in [3.8, 4) is 0 Å². The molecule has 122 valence electrons. The number of carbonyl (C=O) groups is 1. The molecule has 2 N–H and O–H groups in total. The summed E-state index contributed by atoms with van der Waals surface area (Å²) in [6, 6.07) is 6.73. The molecule has 1 amide bonds. The summed E-state index contributed by atoms with van der Waals surface area (Å²) in [7, 11) is 0. The lowest BCUT2D eigenvalue weighted by Crippen LogP contribution is -2.47. The fourth-order valence-corrected chi connectivity index (χ4v) is 2.89. The van der Waals surface area contributed by atoms with Crippen LogP contribution >= 0.6 is 0 Å². The number of nitrogens with one attached hydrogen (secondary N) is 2. The number of piperidine rings is 1. The minimum Gasteiger partial charge on any atom is -0.351 e. The van der Waals surface area contributed by atoms with Crippen molar-refractivity contribution in [2.24, 2.45) is 0 Å². The van der Waals surface area contributed by atoms with Crippen molar-refractivity contribution in [3.05, 3.63) is 35.6 Å². The van der Waals surface area contributed by atoms with E-state index in [1.165, 1.54) is 12.1 Å². The van der Waals surface area contributed by atoms with Gasteiger partial charge in [0.2, 0.25) is 5.91 Å². The van der Waals surface area contributed by atoms with E-state index < -0.39 is 0 Å². The van der Waals surface area contributed by atoms with Gasteiger partial charge in [0.25, 0.3) is 0 Å². The molecule has 0 radical (unpaired) electrons. The Morgan fingerprint density at radius 2 is 2.00 bits per heavy atom. The second kappa shape index (κ2) is 8.86. The van der Waals surface area contributed by atoms with Crippen molar-refractivity contribution in [3.63, 3.8) is 0 Å². The molecular formula is C17H26FN3O. The highest BCUT2D eigenvalue weighted by molar-refractivity contribution is 5.78. The molecule has 0 unspecified atom stereocenters. The fourth-order valence-electron chi connectivity index (χ4n) is 2.89. The number of hydrogen-bond donors (Lipinski definition) is 2. The summed E-state index contributed by atoms with van der Waals surface area (Å²) in [6.07, 6.45) is 3.26. The fraction of sp³-hybridized carbons (Fsp3) is 0.588. The van der Waals surface area contributed by atoms with Gasteiger partial charge in [-0.05, 0) is 56.6 Å². The van der Waals surface area contributed by atoms with E-state index in [9.17, 15) is 9.18 Å². The Morgan fingerprint density at radius 1 is 1.32 bits per heavy atom. The average molecular weight is 307 g/mol. The van der Waals surface area contributed by atoms with E-state index in [1.54, 1.807) is 12.1 Å². The highest BCUT2D eigenvalue weighted by atomic mass is 19.1. The predicted molar refractivity (Wildman–Crippen MR) is 86.0 cm³/mol. The molecule has 22 heavy (non-hydrogen) atoms. The number of hydrogen-bond acceptors (Lipinski definition) is 3. The van der Waals surface area contributed by atoms with E-state index in [2.05, 4.69) is 22.5 Å². The zero-order valence-corrected chi connectivity index (χ0v) is 13.3. The second-order valence-electron chi connectivity index (χ2n) is 5.85. The van der Waals surface area contributed by atoms with Crippen LogP contribution in [0.15, 0.2) is 24.3 Å². The van der Waals surface area contributed by atoms with Crippen molar-refractivity contribution in [1.29, 1.82) is 0 Å². The van der Waals surface area contributed by atoms with Crippen LogP contribution in [0.4, 0.5) is 4.39 Å². The number of rotatable bonds is 7. The van der Waals surface area contributed by atoms with Crippen molar-refractivity contribution in [2.75, 3.05) is 26.2 Å². The summed E-state index contributed by atoms with van der Waals surface area (Å²) in [6.45, 7) is 6.05. The molecule has 1 aliphatic rings.